The summed E-state index contributed by atoms with van der Waals surface area (Å²) in [5.74, 6) is 0.404. The van der Waals surface area contributed by atoms with Crippen LogP contribution in [-0.2, 0) is 9.59 Å². The zero-order valence-corrected chi connectivity index (χ0v) is 16.4. The van der Waals surface area contributed by atoms with Crippen molar-refractivity contribution < 1.29 is 14.3 Å². The number of fused-ring (bicyclic) bond motifs is 1. The SMILES string of the molecule is CC(NC(=O)CCC(=O)N1CCOc2ccccc21)c1ccc(Cl)c(Cl)c1. The van der Waals surface area contributed by atoms with Crippen LogP contribution in [0.3, 0.4) is 0 Å². The summed E-state index contributed by atoms with van der Waals surface area (Å²) in [6, 6.07) is 12.4. The van der Waals surface area contributed by atoms with Gasteiger partial charge in [0.1, 0.15) is 12.4 Å². The van der Waals surface area contributed by atoms with Crippen LogP contribution in [0.5, 0.6) is 5.75 Å². The number of hydrogen-bond donors (Lipinski definition) is 1. The van der Waals surface area contributed by atoms with E-state index in [1.165, 1.54) is 0 Å². The first-order valence-electron chi connectivity index (χ1n) is 8.72. The molecule has 1 aliphatic heterocycles. The molecule has 0 aromatic heterocycles. The number of hydrogen-bond acceptors (Lipinski definition) is 3. The van der Waals surface area contributed by atoms with Crippen molar-refractivity contribution in [3.63, 3.8) is 0 Å². The van der Waals surface area contributed by atoms with Crippen LogP contribution in [0.1, 0.15) is 31.4 Å². The first-order valence-corrected chi connectivity index (χ1v) is 9.48. The molecule has 1 unspecified atom stereocenters. The van der Waals surface area contributed by atoms with Crippen molar-refractivity contribution >= 4 is 40.7 Å². The predicted octanol–water partition coefficient (Wildman–Crippen LogP) is 4.38. The zero-order valence-electron chi connectivity index (χ0n) is 14.9. The summed E-state index contributed by atoms with van der Waals surface area (Å²) in [7, 11) is 0. The highest BCUT2D eigenvalue weighted by atomic mass is 35.5. The minimum Gasteiger partial charge on any atom is -0.490 e. The molecule has 2 aromatic carbocycles. The van der Waals surface area contributed by atoms with Gasteiger partial charge in [-0.15, -0.1) is 0 Å². The summed E-state index contributed by atoms with van der Waals surface area (Å²) in [5, 5.41) is 3.79. The summed E-state index contributed by atoms with van der Waals surface area (Å²) >= 11 is 11.9. The van der Waals surface area contributed by atoms with Gasteiger partial charge in [0.05, 0.1) is 28.3 Å². The van der Waals surface area contributed by atoms with Crippen molar-refractivity contribution in [1.29, 1.82) is 0 Å². The van der Waals surface area contributed by atoms with Gasteiger partial charge in [-0.1, -0.05) is 41.4 Å². The molecular formula is C20H20Cl2N2O3. The monoisotopic (exact) mass is 406 g/mol. The number of ether oxygens (including phenoxy) is 1. The summed E-state index contributed by atoms with van der Waals surface area (Å²) < 4.78 is 5.56. The van der Waals surface area contributed by atoms with Crippen LogP contribution in [0, 0.1) is 0 Å². The number of para-hydroxylation sites is 2. The highest BCUT2D eigenvalue weighted by molar-refractivity contribution is 6.42. The third-order valence-corrected chi connectivity index (χ3v) is 5.16. The van der Waals surface area contributed by atoms with Gasteiger partial charge in [-0.25, -0.2) is 0 Å². The van der Waals surface area contributed by atoms with Crippen molar-refractivity contribution in [2.75, 3.05) is 18.1 Å². The number of benzene rings is 2. The van der Waals surface area contributed by atoms with Gasteiger partial charge >= 0.3 is 0 Å². The van der Waals surface area contributed by atoms with Crippen LogP contribution < -0.4 is 15.0 Å². The minimum atomic E-state index is -0.230. The Bertz CT molecular complexity index is 857. The van der Waals surface area contributed by atoms with E-state index in [1.807, 2.05) is 37.3 Å². The molecule has 0 spiro atoms. The Morgan fingerprint density at radius 3 is 2.70 bits per heavy atom. The topological polar surface area (TPSA) is 58.6 Å². The Balaban J connectivity index is 1.55. The number of amides is 2. The maximum atomic E-state index is 12.6. The lowest BCUT2D eigenvalue weighted by atomic mass is 10.1. The smallest absolute Gasteiger partial charge is 0.227 e. The Kier molecular flexibility index (Phi) is 6.24. The van der Waals surface area contributed by atoms with Crippen molar-refractivity contribution in [2.45, 2.75) is 25.8 Å². The summed E-state index contributed by atoms with van der Waals surface area (Å²) in [4.78, 5) is 26.5. The van der Waals surface area contributed by atoms with E-state index in [0.717, 1.165) is 11.3 Å². The fraction of sp³-hybridized carbons (Fsp3) is 0.300. The second kappa shape index (κ2) is 8.63. The Hall–Kier alpha value is -2.24. The quantitative estimate of drug-likeness (QED) is 0.801. The number of halogens is 2. The molecule has 1 aliphatic rings. The van der Waals surface area contributed by atoms with Gasteiger partial charge in [0.2, 0.25) is 11.8 Å². The van der Waals surface area contributed by atoms with Gasteiger partial charge in [-0.3, -0.25) is 9.59 Å². The molecule has 27 heavy (non-hydrogen) atoms. The lowest BCUT2D eigenvalue weighted by Crippen LogP contribution is -2.38. The van der Waals surface area contributed by atoms with Gasteiger partial charge in [0, 0.05) is 12.8 Å². The van der Waals surface area contributed by atoms with Crippen molar-refractivity contribution in [1.82, 2.24) is 5.32 Å². The lowest BCUT2D eigenvalue weighted by molar-refractivity contribution is -0.125. The fourth-order valence-corrected chi connectivity index (χ4v) is 3.27. The molecule has 3 rings (SSSR count). The number of carbonyl (C=O) groups excluding carboxylic acids is 2. The molecule has 5 nitrogen and oxygen atoms in total. The Labute approximate surface area is 168 Å². The summed E-state index contributed by atoms with van der Waals surface area (Å²) in [5.41, 5.74) is 1.60. The molecular weight excluding hydrogens is 387 g/mol. The largest absolute Gasteiger partial charge is 0.490 e. The van der Waals surface area contributed by atoms with Crippen LogP contribution in [0.4, 0.5) is 5.69 Å². The molecule has 0 saturated heterocycles. The van der Waals surface area contributed by atoms with E-state index < -0.39 is 0 Å². The van der Waals surface area contributed by atoms with Gasteiger partial charge in [-0.05, 0) is 36.8 Å². The molecule has 142 valence electrons. The van der Waals surface area contributed by atoms with Gasteiger partial charge in [0.15, 0.2) is 0 Å². The standard InChI is InChI=1S/C20H20Cl2N2O3/c1-13(14-6-7-15(21)16(22)12-14)23-19(25)8-9-20(26)24-10-11-27-18-5-3-2-4-17(18)24/h2-7,12-13H,8-11H2,1H3,(H,23,25). The average molecular weight is 407 g/mol. The number of nitrogens with zero attached hydrogens (tertiary/aromatic N) is 1. The maximum Gasteiger partial charge on any atom is 0.227 e. The van der Waals surface area contributed by atoms with Crippen molar-refractivity contribution in [2.24, 2.45) is 0 Å². The molecule has 1 heterocycles. The molecule has 0 bridgehead atoms. The second-order valence-electron chi connectivity index (χ2n) is 6.32. The van der Waals surface area contributed by atoms with E-state index in [-0.39, 0.29) is 30.7 Å². The van der Waals surface area contributed by atoms with Crippen LogP contribution >= 0.6 is 23.2 Å². The van der Waals surface area contributed by atoms with E-state index in [4.69, 9.17) is 27.9 Å². The minimum absolute atomic E-state index is 0.0944. The number of rotatable bonds is 5. The van der Waals surface area contributed by atoms with Crippen LogP contribution in [0.25, 0.3) is 0 Å². The van der Waals surface area contributed by atoms with Crippen LogP contribution in [0.15, 0.2) is 42.5 Å². The van der Waals surface area contributed by atoms with E-state index in [9.17, 15) is 9.59 Å². The van der Waals surface area contributed by atoms with Gasteiger partial charge < -0.3 is 15.0 Å². The van der Waals surface area contributed by atoms with E-state index in [2.05, 4.69) is 5.32 Å². The molecule has 1 atom stereocenters. The summed E-state index contributed by atoms with van der Waals surface area (Å²) in [6.07, 6.45) is 0.248. The molecule has 0 radical (unpaired) electrons. The van der Waals surface area contributed by atoms with Gasteiger partial charge in [-0.2, -0.15) is 0 Å². The molecule has 1 N–H and O–H groups in total. The number of anilines is 1. The fourth-order valence-electron chi connectivity index (χ4n) is 2.96. The second-order valence-corrected chi connectivity index (χ2v) is 7.14. The number of carbonyl (C=O) groups is 2. The van der Waals surface area contributed by atoms with Crippen LogP contribution in [0.2, 0.25) is 10.0 Å². The van der Waals surface area contributed by atoms with Crippen molar-refractivity contribution in [3.05, 3.63) is 58.1 Å². The highest BCUT2D eigenvalue weighted by Gasteiger charge is 2.23. The first-order chi connectivity index (χ1) is 13.0. The molecule has 2 amide bonds. The lowest BCUT2D eigenvalue weighted by Gasteiger charge is -2.29. The molecule has 7 heteroatoms. The summed E-state index contributed by atoms with van der Waals surface area (Å²) in [6.45, 7) is 2.79. The van der Waals surface area contributed by atoms with E-state index >= 15 is 0 Å². The van der Waals surface area contributed by atoms with E-state index in [0.29, 0.717) is 28.9 Å². The normalized spacial score (nSPS) is 14.1. The predicted molar refractivity (Wildman–Crippen MR) is 107 cm³/mol. The maximum absolute atomic E-state index is 12.6. The molecule has 0 saturated carbocycles. The third kappa shape index (κ3) is 4.73. The first kappa shape index (κ1) is 19.5. The van der Waals surface area contributed by atoms with Crippen LogP contribution in [-0.4, -0.2) is 25.0 Å². The Morgan fingerprint density at radius 2 is 1.93 bits per heavy atom. The molecule has 0 fully saturated rings. The highest BCUT2D eigenvalue weighted by Crippen LogP contribution is 2.31. The van der Waals surface area contributed by atoms with Crippen molar-refractivity contribution in [3.8, 4) is 5.75 Å². The molecule has 2 aromatic rings. The third-order valence-electron chi connectivity index (χ3n) is 4.42. The van der Waals surface area contributed by atoms with E-state index in [1.54, 1.807) is 17.0 Å². The Morgan fingerprint density at radius 1 is 1.15 bits per heavy atom. The number of nitrogens with one attached hydrogen (secondary N) is 1. The molecule has 0 aliphatic carbocycles. The zero-order chi connectivity index (χ0) is 19.4. The van der Waals surface area contributed by atoms with Gasteiger partial charge in [0.25, 0.3) is 0 Å². The average Bonchev–Trinajstić information content (AvgIpc) is 2.67.